The molecule has 1 amide bonds. The van der Waals surface area contributed by atoms with Crippen molar-refractivity contribution in [3.63, 3.8) is 0 Å². The van der Waals surface area contributed by atoms with Crippen molar-refractivity contribution >= 4 is 17.4 Å². The molecule has 0 N–H and O–H groups in total. The average molecular weight is 346 g/mol. The summed E-state index contributed by atoms with van der Waals surface area (Å²) in [6.07, 6.45) is 5.24. The van der Waals surface area contributed by atoms with Gasteiger partial charge in [-0.05, 0) is 36.0 Å². The number of rotatable bonds is 4. The van der Waals surface area contributed by atoms with Crippen molar-refractivity contribution in [1.82, 2.24) is 19.5 Å². The van der Waals surface area contributed by atoms with Crippen molar-refractivity contribution in [2.45, 2.75) is 37.7 Å². The fraction of sp³-hybridized carbons (Fsp3) is 0.500. The summed E-state index contributed by atoms with van der Waals surface area (Å²) in [5.41, 5.74) is 1.42. The van der Waals surface area contributed by atoms with Gasteiger partial charge in [-0.25, -0.2) is 0 Å². The summed E-state index contributed by atoms with van der Waals surface area (Å²) in [5.74, 6) is -0.0881. The second-order valence-corrected chi connectivity index (χ2v) is 6.59. The van der Waals surface area contributed by atoms with Gasteiger partial charge in [-0.3, -0.25) is 9.78 Å². The maximum absolute atomic E-state index is 12.7. The predicted molar refractivity (Wildman–Crippen MR) is 86.5 cm³/mol. The average Bonchev–Trinajstić information content (AvgIpc) is 3.22. The molecule has 7 nitrogen and oxygen atoms in total. The van der Waals surface area contributed by atoms with Crippen LogP contribution < -0.4 is 0 Å². The van der Waals surface area contributed by atoms with E-state index < -0.39 is 0 Å². The first-order valence-electron chi connectivity index (χ1n) is 8.03. The second kappa shape index (κ2) is 6.92. The van der Waals surface area contributed by atoms with E-state index in [4.69, 9.17) is 9.47 Å². The summed E-state index contributed by atoms with van der Waals surface area (Å²) in [5, 5.41) is 5.60. The summed E-state index contributed by atoms with van der Waals surface area (Å²) in [6, 6.07) is 3.89. The van der Waals surface area contributed by atoms with Gasteiger partial charge in [-0.2, -0.15) is 0 Å². The van der Waals surface area contributed by atoms with Gasteiger partial charge < -0.3 is 14.4 Å². The minimum atomic E-state index is -0.122. The molecule has 2 aromatic heterocycles. The fourth-order valence-electron chi connectivity index (χ4n) is 3.44. The van der Waals surface area contributed by atoms with E-state index >= 15 is 0 Å². The van der Waals surface area contributed by atoms with Gasteiger partial charge in [0.1, 0.15) is 6.10 Å². The van der Waals surface area contributed by atoms with Gasteiger partial charge in [0.2, 0.25) is 0 Å². The monoisotopic (exact) mass is 346 g/mol. The molecule has 2 aliphatic rings. The van der Waals surface area contributed by atoms with E-state index in [2.05, 4.69) is 14.6 Å². The lowest BCUT2D eigenvalue weighted by Crippen LogP contribution is -2.46. The van der Waals surface area contributed by atoms with Gasteiger partial charge in [-0.15, -0.1) is 5.10 Å². The van der Waals surface area contributed by atoms with E-state index in [-0.39, 0.29) is 24.2 Å². The lowest BCUT2D eigenvalue weighted by Gasteiger charge is -2.30. The number of nitrogens with zero attached hydrogens (tertiary/aromatic N) is 4. The first-order valence-corrected chi connectivity index (χ1v) is 8.87. The predicted octanol–water partition coefficient (Wildman–Crippen LogP) is 1.52. The Labute approximate surface area is 143 Å². The highest BCUT2D eigenvalue weighted by Crippen LogP contribution is 2.33. The minimum absolute atomic E-state index is 0.0170. The van der Waals surface area contributed by atoms with Crippen LogP contribution in [0, 0.1) is 0 Å². The summed E-state index contributed by atoms with van der Waals surface area (Å²) >= 11 is 1.19. The molecule has 1 saturated carbocycles. The van der Waals surface area contributed by atoms with Gasteiger partial charge >= 0.3 is 0 Å². The van der Waals surface area contributed by atoms with Crippen LogP contribution in [0.4, 0.5) is 0 Å². The summed E-state index contributed by atoms with van der Waals surface area (Å²) in [4.78, 5) is 18.7. The molecule has 3 heterocycles. The van der Waals surface area contributed by atoms with Crippen LogP contribution in [0.3, 0.4) is 0 Å². The van der Waals surface area contributed by atoms with Crippen LogP contribution in [0.1, 0.15) is 28.9 Å². The molecule has 2 aromatic rings. The van der Waals surface area contributed by atoms with Crippen LogP contribution in [0.15, 0.2) is 29.9 Å². The molecular formula is C16H18N4O3S. The molecule has 3 unspecified atom stereocenters. The highest BCUT2D eigenvalue weighted by Gasteiger charge is 2.45. The molecular weight excluding hydrogens is 328 g/mol. The largest absolute Gasteiger partial charge is 0.374 e. The van der Waals surface area contributed by atoms with Crippen LogP contribution in [0.25, 0.3) is 0 Å². The van der Waals surface area contributed by atoms with Crippen LogP contribution in [-0.2, 0) is 16.1 Å². The number of carbonyl (C=O) groups is 1. The molecule has 4 rings (SSSR count). The van der Waals surface area contributed by atoms with E-state index in [1.54, 1.807) is 17.8 Å². The molecule has 0 aromatic carbocycles. The Bertz CT molecular complexity index is 682. The standard InChI is InChI=1S/C16H18N4O3S/c21-16(12-10-24-19-18-12)20-6-7-22-14-4-3-13(20)15(14)23-9-11-2-1-5-17-8-11/h1-2,5,8,10,13-15H,3-4,6-7,9H2. The lowest BCUT2D eigenvalue weighted by atomic mass is 10.1. The van der Waals surface area contributed by atoms with Crippen molar-refractivity contribution in [2.75, 3.05) is 13.2 Å². The molecule has 8 heteroatoms. The quantitative estimate of drug-likeness (QED) is 0.835. The lowest BCUT2D eigenvalue weighted by molar-refractivity contribution is -0.0598. The van der Waals surface area contributed by atoms with Crippen LogP contribution in [-0.4, -0.2) is 56.8 Å². The molecule has 0 radical (unpaired) electrons. The first kappa shape index (κ1) is 15.6. The van der Waals surface area contributed by atoms with Gasteiger partial charge in [0.05, 0.1) is 25.4 Å². The molecule has 2 bridgehead atoms. The molecule has 0 spiro atoms. The number of hydrogen-bond donors (Lipinski definition) is 0. The van der Waals surface area contributed by atoms with Gasteiger partial charge in [0, 0.05) is 24.3 Å². The molecule has 126 valence electrons. The molecule has 1 aliphatic carbocycles. The Morgan fingerprint density at radius 2 is 2.42 bits per heavy atom. The number of fused-ring (bicyclic) bond motifs is 2. The van der Waals surface area contributed by atoms with Crippen molar-refractivity contribution in [3.8, 4) is 0 Å². The third kappa shape index (κ3) is 3.04. The number of aromatic nitrogens is 3. The topological polar surface area (TPSA) is 77.4 Å². The fourth-order valence-corrected chi connectivity index (χ4v) is 3.87. The van der Waals surface area contributed by atoms with Gasteiger partial charge in [-0.1, -0.05) is 10.6 Å². The van der Waals surface area contributed by atoms with Crippen LogP contribution >= 0.6 is 11.5 Å². The zero-order chi connectivity index (χ0) is 16.4. The number of carbonyl (C=O) groups excluding carboxylic acids is 1. The first-order chi connectivity index (χ1) is 11.8. The summed E-state index contributed by atoms with van der Waals surface area (Å²) < 4.78 is 15.9. The molecule has 24 heavy (non-hydrogen) atoms. The van der Waals surface area contributed by atoms with Crippen LogP contribution in [0.2, 0.25) is 0 Å². The van der Waals surface area contributed by atoms with Crippen molar-refractivity contribution in [2.24, 2.45) is 0 Å². The molecule has 1 aliphatic heterocycles. The number of ether oxygens (including phenoxy) is 2. The number of amides is 1. The zero-order valence-electron chi connectivity index (χ0n) is 13.1. The highest BCUT2D eigenvalue weighted by molar-refractivity contribution is 7.03. The Morgan fingerprint density at radius 3 is 3.21 bits per heavy atom. The van der Waals surface area contributed by atoms with E-state index in [1.807, 2.05) is 17.0 Å². The second-order valence-electron chi connectivity index (χ2n) is 5.98. The Kier molecular flexibility index (Phi) is 4.50. The third-order valence-corrected chi connectivity index (χ3v) is 5.07. The van der Waals surface area contributed by atoms with Crippen molar-refractivity contribution in [3.05, 3.63) is 41.2 Å². The van der Waals surface area contributed by atoms with Gasteiger partial charge in [0.25, 0.3) is 5.91 Å². The summed E-state index contributed by atoms with van der Waals surface area (Å²) in [6.45, 7) is 1.55. The van der Waals surface area contributed by atoms with E-state index in [9.17, 15) is 4.79 Å². The van der Waals surface area contributed by atoms with Crippen molar-refractivity contribution < 1.29 is 14.3 Å². The third-order valence-electron chi connectivity index (χ3n) is 4.56. The number of hydrogen-bond acceptors (Lipinski definition) is 7. The van der Waals surface area contributed by atoms with E-state index in [1.165, 1.54) is 11.5 Å². The van der Waals surface area contributed by atoms with E-state index in [0.717, 1.165) is 18.4 Å². The maximum atomic E-state index is 12.7. The van der Waals surface area contributed by atoms with Crippen molar-refractivity contribution in [1.29, 1.82) is 0 Å². The minimum Gasteiger partial charge on any atom is -0.374 e. The molecule has 3 atom stereocenters. The SMILES string of the molecule is O=C(c1csnn1)N1CCOC2CCC1C2OCc1cccnc1. The van der Waals surface area contributed by atoms with Gasteiger partial charge in [0.15, 0.2) is 5.69 Å². The Balaban J connectivity index is 1.50. The maximum Gasteiger partial charge on any atom is 0.275 e. The van der Waals surface area contributed by atoms with Crippen LogP contribution in [0.5, 0.6) is 0 Å². The molecule has 2 fully saturated rings. The Hall–Kier alpha value is -1.90. The van der Waals surface area contributed by atoms with E-state index in [0.29, 0.717) is 25.5 Å². The molecule has 1 saturated heterocycles. The normalized spacial score (nSPS) is 26.3. The smallest absolute Gasteiger partial charge is 0.275 e. The Morgan fingerprint density at radius 1 is 1.46 bits per heavy atom. The zero-order valence-corrected chi connectivity index (χ0v) is 13.9. The summed E-state index contributed by atoms with van der Waals surface area (Å²) in [7, 11) is 0. The number of pyridine rings is 1. The highest BCUT2D eigenvalue weighted by atomic mass is 32.1.